The Morgan fingerprint density at radius 1 is 1.22 bits per heavy atom. The van der Waals surface area contributed by atoms with Crippen LogP contribution in [0.25, 0.3) is 0 Å². The lowest BCUT2D eigenvalue weighted by Crippen LogP contribution is -2.20. The maximum atomic E-state index is 11.5. The van der Waals surface area contributed by atoms with Crippen molar-refractivity contribution in [2.24, 2.45) is 0 Å². The summed E-state index contributed by atoms with van der Waals surface area (Å²) in [6, 6.07) is 14.8. The first-order chi connectivity index (χ1) is 12.9. The van der Waals surface area contributed by atoms with E-state index < -0.39 is 0 Å². The van der Waals surface area contributed by atoms with Crippen molar-refractivity contribution in [1.29, 1.82) is 0 Å². The van der Waals surface area contributed by atoms with Gasteiger partial charge in [0.2, 0.25) is 0 Å². The van der Waals surface area contributed by atoms with Crippen LogP contribution in [0.4, 0.5) is 11.5 Å². The van der Waals surface area contributed by atoms with Crippen molar-refractivity contribution in [3.8, 4) is 0 Å². The minimum atomic E-state index is -0.00131. The number of rotatable bonds is 5. The van der Waals surface area contributed by atoms with Gasteiger partial charge in [0.15, 0.2) is 16.7 Å². The van der Waals surface area contributed by atoms with Crippen LogP contribution in [-0.2, 0) is 6.54 Å². The molecule has 0 bridgehead atoms. The van der Waals surface area contributed by atoms with Gasteiger partial charge < -0.3 is 10.6 Å². The van der Waals surface area contributed by atoms with Crippen molar-refractivity contribution in [2.75, 3.05) is 10.6 Å². The average molecular weight is 464 g/mol. The number of carbonyl (C=O) groups excluding carboxylic acids is 1. The number of Topliss-reactive ketones (excluding diaryl/α,β-unsaturated/α-hetero) is 1. The Hall–Kier alpha value is -2.22. The molecule has 8 heteroatoms. The molecule has 3 rings (SSSR count). The number of hydrogen-bond donors (Lipinski definition) is 2. The highest BCUT2D eigenvalue weighted by molar-refractivity contribution is 9.10. The summed E-state index contributed by atoms with van der Waals surface area (Å²) >= 11 is 15.0. The Balaban J connectivity index is 1.68. The number of nitrogens with one attached hydrogen (secondary N) is 2. The number of aromatic nitrogens is 2. The first-order valence-corrected chi connectivity index (χ1v) is 9.65. The first kappa shape index (κ1) is 19.5. The minimum Gasteiger partial charge on any atom is -0.332 e. The zero-order valence-corrected chi connectivity index (χ0v) is 17.5. The van der Waals surface area contributed by atoms with E-state index in [0.29, 0.717) is 28.1 Å². The number of hydrogen-bond acceptors (Lipinski definition) is 3. The summed E-state index contributed by atoms with van der Waals surface area (Å²) in [6.45, 7) is 2.07. The zero-order chi connectivity index (χ0) is 19.4. The predicted molar refractivity (Wildman–Crippen MR) is 117 cm³/mol. The Labute approximate surface area is 175 Å². The second-order valence-electron chi connectivity index (χ2n) is 5.83. The third-order valence-electron chi connectivity index (χ3n) is 3.77. The highest BCUT2D eigenvalue weighted by atomic mass is 79.9. The zero-order valence-electron chi connectivity index (χ0n) is 14.4. The van der Waals surface area contributed by atoms with Crippen molar-refractivity contribution in [2.45, 2.75) is 13.5 Å². The fourth-order valence-corrected chi connectivity index (χ4v) is 3.27. The molecule has 0 fully saturated rings. The molecule has 0 aliphatic rings. The Morgan fingerprint density at radius 3 is 2.74 bits per heavy atom. The van der Waals surface area contributed by atoms with Crippen LogP contribution in [0.5, 0.6) is 0 Å². The SMILES string of the molecule is CC(=O)c1cccc(NC(=S)Nc2nn(Cc3ccccc3Cl)cc2Br)c1. The van der Waals surface area contributed by atoms with Crippen LogP contribution < -0.4 is 10.6 Å². The normalized spacial score (nSPS) is 10.5. The predicted octanol–water partition coefficient (Wildman–Crippen LogP) is 5.36. The number of ketones is 1. The summed E-state index contributed by atoms with van der Waals surface area (Å²) < 4.78 is 2.54. The molecule has 0 amide bonds. The van der Waals surface area contributed by atoms with E-state index in [1.807, 2.05) is 36.5 Å². The Morgan fingerprint density at radius 2 is 2.00 bits per heavy atom. The van der Waals surface area contributed by atoms with Gasteiger partial charge in [0.25, 0.3) is 0 Å². The van der Waals surface area contributed by atoms with E-state index in [-0.39, 0.29) is 5.78 Å². The van der Waals surface area contributed by atoms with Crippen LogP contribution >= 0.6 is 39.7 Å². The number of nitrogens with zero attached hydrogens (tertiary/aromatic N) is 2. The fraction of sp³-hybridized carbons (Fsp3) is 0.105. The Bertz CT molecular complexity index is 1000. The summed E-state index contributed by atoms with van der Waals surface area (Å²) in [7, 11) is 0. The molecule has 0 unspecified atom stereocenters. The van der Waals surface area contributed by atoms with E-state index >= 15 is 0 Å². The third kappa shape index (κ3) is 5.15. The topological polar surface area (TPSA) is 59.0 Å². The van der Waals surface area contributed by atoms with E-state index in [2.05, 4.69) is 31.7 Å². The van der Waals surface area contributed by atoms with Gasteiger partial charge >= 0.3 is 0 Å². The highest BCUT2D eigenvalue weighted by Crippen LogP contribution is 2.23. The van der Waals surface area contributed by atoms with Gasteiger partial charge in [0.1, 0.15) is 0 Å². The maximum absolute atomic E-state index is 11.5. The molecule has 0 saturated heterocycles. The summed E-state index contributed by atoms with van der Waals surface area (Å²) in [5, 5.41) is 11.7. The summed E-state index contributed by atoms with van der Waals surface area (Å²) in [5.41, 5.74) is 2.32. The fourth-order valence-electron chi connectivity index (χ4n) is 2.45. The van der Waals surface area contributed by atoms with E-state index in [9.17, 15) is 4.79 Å². The van der Waals surface area contributed by atoms with Crippen molar-refractivity contribution in [3.05, 3.63) is 75.4 Å². The molecule has 5 nitrogen and oxygen atoms in total. The van der Waals surface area contributed by atoms with Crippen LogP contribution in [0.15, 0.2) is 59.2 Å². The van der Waals surface area contributed by atoms with Crippen molar-refractivity contribution >= 4 is 62.1 Å². The average Bonchev–Trinajstić information content (AvgIpc) is 2.96. The van der Waals surface area contributed by atoms with Crippen LogP contribution in [-0.4, -0.2) is 20.7 Å². The molecule has 1 heterocycles. The van der Waals surface area contributed by atoms with Crippen LogP contribution in [0.2, 0.25) is 5.02 Å². The van der Waals surface area contributed by atoms with Crippen LogP contribution in [0, 0.1) is 0 Å². The van der Waals surface area contributed by atoms with Crippen LogP contribution in [0.3, 0.4) is 0 Å². The second kappa shape index (κ2) is 8.65. The molecule has 0 spiro atoms. The number of anilines is 2. The van der Waals surface area contributed by atoms with Gasteiger partial charge in [-0.2, -0.15) is 5.10 Å². The lowest BCUT2D eigenvalue weighted by molar-refractivity contribution is 0.101. The van der Waals surface area contributed by atoms with Gasteiger partial charge in [-0.15, -0.1) is 0 Å². The van der Waals surface area contributed by atoms with Gasteiger partial charge in [-0.1, -0.05) is 41.9 Å². The van der Waals surface area contributed by atoms with Gasteiger partial charge in [0, 0.05) is 22.5 Å². The lowest BCUT2D eigenvalue weighted by atomic mass is 10.1. The first-order valence-electron chi connectivity index (χ1n) is 8.08. The number of benzene rings is 2. The smallest absolute Gasteiger partial charge is 0.176 e. The molecule has 3 aromatic rings. The molecule has 2 aromatic carbocycles. The number of halogens is 2. The van der Waals surface area contributed by atoms with Crippen molar-refractivity contribution < 1.29 is 4.79 Å². The molecule has 138 valence electrons. The molecule has 0 radical (unpaired) electrons. The van der Waals surface area contributed by atoms with Gasteiger partial charge in [-0.3, -0.25) is 9.48 Å². The summed E-state index contributed by atoms with van der Waals surface area (Å²) in [5.74, 6) is 0.584. The molecule has 2 N–H and O–H groups in total. The monoisotopic (exact) mass is 462 g/mol. The molecule has 0 aliphatic carbocycles. The summed E-state index contributed by atoms with van der Waals surface area (Å²) in [4.78, 5) is 11.5. The maximum Gasteiger partial charge on any atom is 0.176 e. The van der Waals surface area contributed by atoms with E-state index in [4.69, 9.17) is 23.8 Å². The number of carbonyl (C=O) groups is 1. The van der Waals surface area contributed by atoms with Crippen molar-refractivity contribution in [3.63, 3.8) is 0 Å². The third-order valence-corrected chi connectivity index (χ3v) is 4.92. The standard InChI is InChI=1S/C19H16BrClN4OS/c1-12(26)13-6-4-7-15(9-13)22-19(27)23-18-16(20)11-25(24-18)10-14-5-2-3-8-17(14)21/h2-9,11H,10H2,1H3,(H2,22,23,24,27). The van der Waals surface area contributed by atoms with Crippen molar-refractivity contribution in [1.82, 2.24) is 9.78 Å². The molecule has 0 saturated carbocycles. The molecule has 1 aromatic heterocycles. The molecule has 27 heavy (non-hydrogen) atoms. The lowest BCUT2D eigenvalue weighted by Gasteiger charge is -2.10. The highest BCUT2D eigenvalue weighted by Gasteiger charge is 2.10. The second-order valence-corrected chi connectivity index (χ2v) is 7.50. The largest absolute Gasteiger partial charge is 0.332 e. The quantitative estimate of drug-likeness (QED) is 0.394. The van der Waals surface area contributed by atoms with Gasteiger partial charge in [0.05, 0.1) is 11.0 Å². The van der Waals surface area contributed by atoms with Gasteiger partial charge in [-0.25, -0.2) is 0 Å². The Kier molecular flexibility index (Phi) is 6.26. The molecule has 0 aliphatic heterocycles. The molecule has 0 atom stereocenters. The van der Waals surface area contributed by atoms with E-state index in [0.717, 1.165) is 15.7 Å². The van der Waals surface area contributed by atoms with Crippen LogP contribution in [0.1, 0.15) is 22.8 Å². The number of thiocarbonyl (C=S) groups is 1. The van der Waals surface area contributed by atoms with E-state index in [1.54, 1.807) is 22.9 Å². The molecular formula is C19H16BrClN4OS. The minimum absolute atomic E-state index is 0.00131. The van der Waals surface area contributed by atoms with Gasteiger partial charge in [-0.05, 0) is 58.8 Å². The summed E-state index contributed by atoms with van der Waals surface area (Å²) in [6.07, 6.45) is 1.85. The van der Waals surface area contributed by atoms with E-state index in [1.165, 1.54) is 6.92 Å². The molecular weight excluding hydrogens is 448 g/mol.